The van der Waals surface area contributed by atoms with Crippen LogP contribution in [0, 0.1) is 10.1 Å². The fourth-order valence-electron chi connectivity index (χ4n) is 1.45. The fourth-order valence-corrected chi connectivity index (χ4v) is 1.56. The van der Waals surface area contributed by atoms with E-state index in [-0.39, 0.29) is 29.2 Å². The Bertz CT molecular complexity index is 584. The molecule has 0 aliphatic rings. The lowest BCUT2D eigenvalue weighted by atomic mass is 10.1. The van der Waals surface area contributed by atoms with Crippen LogP contribution in [-0.2, 0) is 0 Å². The van der Waals surface area contributed by atoms with Gasteiger partial charge in [-0.2, -0.15) is 4.98 Å². The lowest BCUT2D eigenvalue weighted by Gasteiger charge is -2.07. The maximum atomic E-state index is 10.9. The third kappa shape index (κ3) is 2.25. The highest BCUT2D eigenvalue weighted by molar-refractivity contribution is 6.28. The predicted octanol–water partition coefficient (Wildman–Crippen LogP) is 2.70. The molecule has 0 radical (unpaired) electrons. The van der Waals surface area contributed by atoms with Crippen LogP contribution >= 0.6 is 11.6 Å². The van der Waals surface area contributed by atoms with Crippen LogP contribution in [0.2, 0.25) is 5.28 Å². The molecule has 7 nitrogen and oxygen atoms in total. The topological polar surface area (TPSA) is 91.3 Å². The number of nitrogens with zero attached hydrogens (tertiary/aromatic N) is 3. The maximum Gasteiger partial charge on any atom is 0.311 e. The van der Waals surface area contributed by atoms with Gasteiger partial charge in [-0.3, -0.25) is 10.1 Å². The molecule has 8 heteroatoms. The third-order valence-corrected chi connectivity index (χ3v) is 2.26. The SMILES string of the molecule is CCOc1c(-c2nc(Cl)no2)cccc1[N+](=O)[O-]. The summed E-state index contributed by atoms with van der Waals surface area (Å²) < 4.78 is 10.2. The summed E-state index contributed by atoms with van der Waals surface area (Å²) >= 11 is 5.55. The number of benzene rings is 1. The lowest BCUT2D eigenvalue weighted by molar-refractivity contribution is -0.385. The van der Waals surface area contributed by atoms with E-state index in [2.05, 4.69) is 10.1 Å². The summed E-state index contributed by atoms with van der Waals surface area (Å²) in [4.78, 5) is 14.2. The van der Waals surface area contributed by atoms with E-state index in [9.17, 15) is 10.1 Å². The molecule has 94 valence electrons. The molecule has 0 N–H and O–H groups in total. The number of halogens is 1. The van der Waals surface area contributed by atoms with Crippen molar-refractivity contribution in [3.8, 4) is 17.2 Å². The number of aromatic nitrogens is 2. The van der Waals surface area contributed by atoms with Crippen LogP contribution in [0.5, 0.6) is 5.75 Å². The highest BCUT2D eigenvalue weighted by Gasteiger charge is 2.23. The zero-order valence-corrected chi connectivity index (χ0v) is 10.0. The molecule has 0 spiro atoms. The molecule has 1 aromatic heterocycles. The zero-order chi connectivity index (χ0) is 13.1. The molecule has 0 unspecified atom stereocenters. The van der Waals surface area contributed by atoms with E-state index < -0.39 is 4.92 Å². The van der Waals surface area contributed by atoms with Gasteiger partial charge in [-0.15, -0.1) is 0 Å². The summed E-state index contributed by atoms with van der Waals surface area (Å²) in [6.45, 7) is 2.00. The van der Waals surface area contributed by atoms with Gasteiger partial charge in [0.25, 0.3) is 11.2 Å². The summed E-state index contributed by atoms with van der Waals surface area (Å²) in [6, 6.07) is 4.43. The molecule has 0 bridgehead atoms. The van der Waals surface area contributed by atoms with Gasteiger partial charge in [0.05, 0.1) is 17.1 Å². The minimum Gasteiger partial charge on any atom is -0.487 e. The number of ether oxygens (including phenoxy) is 1. The van der Waals surface area contributed by atoms with Gasteiger partial charge in [-0.1, -0.05) is 6.07 Å². The number of nitro groups is 1. The van der Waals surface area contributed by atoms with E-state index in [4.69, 9.17) is 20.9 Å². The first-order valence-electron chi connectivity index (χ1n) is 5.03. The van der Waals surface area contributed by atoms with Crippen molar-refractivity contribution in [2.24, 2.45) is 0 Å². The summed E-state index contributed by atoms with van der Waals surface area (Å²) in [6.07, 6.45) is 0. The largest absolute Gasteiger partial charge is 0.487 e. The van der Waals surface area contributed by atoms with Gasteiger partial charge in [0.2, 0.25) is 5.75 Å². The summed E-state index contributed by atoms with van der Waals surface area (Å²) in [7, 11) is 0. The molecule has 2 aromatic rings. The number of para-hydroxylation sites is 1. The molecule has 0 amide bonds. The van der Waals surface area contributed by atoms with E-state index >= 15 is 0 Å². The Morgan fingerprint density at radius 2 is 2.33 bits per heavy atom. The minimum absolute atomic E-state index is 0.0704. The highest BCUT2D eigenvalue weighted by atomic mass is 35.5. The molecule has 1 aromatic carbocycles. The fraction of sp³-hybridized carbons (Fsp3) is 0.200. The molecular weight excluding hydrogens is 262 g/mol. The maximum absolute atomic E-state index is 10.9. The molecule has 0 aliphatic carbocycles. The second-order valence-electron chi connectivity index (χ2n) is 3.21. The first-order chi connectivity index (χ1) is 8.63. The van der Waals surface area contributed by atoms with E-state index in [1.807, 2.05) is 0 Å². The van der Waals surface area contributed by atoms with Crippen LogP contribution in [0.1, 0.15) is 6.92 Å². The Balaban J connectivity index is 2.59. The average molecular weight is 270 g/mol. The molecule has 0 saturated heterocycles. The molecule has 18 heavy (non-hydrogen) atoms. The Kier molecular flexibility index (Phi) is 3.42. The normalized spacial score (nSPS) is 10.3. The smallest absolute Gasteiger partial charge is 0.311 e. The van der Waals surface area contributed by atoms with Gasteiger partial charge in [0.15, 0.2) is 0 Å². The van der Waals surface area contributed by atoms with E-state index in [1.165, 1.54) is 12.1 Å². The van der Waals surface area contributed by atoms with Crippen molar-refractivity contribution < 1.29 is 14.2 Å². The van der Waals surface area contributed by atoms with Crippen molar-refractivity contribution >= 4 is 17.3 Å². The Hall–Kier alpha value is -2.15. The minimum atomic E-state index is -0.535. The van der Waals surface area contributed by atoms with Crippen LogP contribution in [-0.4, -0.2) is 21.7 Å². The first-order valence-corrected chi connectivity index (χ1v) is 5.41. The van der Waals surface area contributed by atoms with Crippen LogP contribution in [0.4, 0.5) is 5.69 Å². The van der Waals surface area contributed by atoms with Crippen molar-refractivity contribution in [3.05, 3.63) is 33.6 Å². The summed E-state index contributed by atoms with van der Waals surface area (Å²) in [5.41, 5.74) is 0.175. The summed E-state index contributed by atoms with van der Waals surface area (Å²) in [5.74, 6) is 0.164. The molecular formula is C10H8ClN3O4. The predicted molar refractivity (Wildman–Crippen MR) is 62.6 cm³/mol. The number of hydrogen-bond acceptors (Lipinski definition) is 6. The van der Waals surface area contributed by atoms with E-state index in [0.29, 0.717) is 5.56 Å². The second kappa shape index (κ2) is 5.01. The zero-order valence-electron chi connectivity index (χ0n) is 9.29. The number of nitro benzene ring substituents is 1. The van der Waals surface area contributed by atoms with Crippen molar-refractivity contribution in [1.82, 2.24) is 10.1 Å². The Labute approximate surface area is 106 Å². The molecule has 2 rings (SSSR count). The Morgan fingerprint density at radius 1 is 1.56 bits per heavy atom. The van der Waals surface area contributed by atoms with Crippen LogP contribution < -0.4 is 4.74 Å². The van der Waals surface area contributed by atoms with E-state index in [1.54, 1.807) is 13.0 Å². The quantitative estimate of drug-likeness (QED) is 0.626. The van der Waals surface area contributed by atoms with Gasteiger partial charge >= 0.3 is 5.69 Å². The molecule has 0 fully saturated rings. The van der Waals surface area contributed by atoms with Crippen molar-refractivity contribution in [3.63, 3.8) is 0 Å². The van der Waals surface area contributed by atoms with Crippen molar-refractivity contribution in [2.45, 2.75) is 6.92 Å². The van der Waals surface area contributed by atoms with Crippen LogP contribution in [0.15, 0.2) is 22.7 Å². The van der Waals surface area contributed by atoms with Gasteiger partial charge < -0.3 is 9.26 Å². The standard InChI is InChI=1S/C10H8ClN3O4/c1-2-17-8-6(9-12-10(11)13-18-9)4-3-5-7(8)14(15)16/h3-5H,2H2,1H3. The van der Waals surface area contributed by atoms with Gasteiger partial charge in [0.1, 0.15) is 0 Å². The monoisotopic (exact) mass is 269 g/mol. The summed E-state index contributed by atoms with van der Waals surface area (Å²) in [5, 5.41) is 14.3. The molecule has 0 saturated carbocycles. The highest BCUT2D eigenvalue weighted by Crippen LogP contribution is 2.37. The number of rotatable bonds is 4. The van der Waals surface area contributed by atoms with Crippen molar-refractivity contribution in [1.29, 1.82) is 0 Å². The van der Waals surface area contributed by atoms with Gasteiger partial charge in [-0.25, -0.2) is 0 Å². The van der Waals surface area contributed by atoms with E-state index in [0.717, 1.165) is 0 Å². The molecule has 0 aliphatic heterocycles. The first kappa shape index (κ1) is 12.3. The number of hydrogen-bond donors (Lipinski definition) is 0. The van der Waals surface area contributed by atoms with Crippen LogP contribution in [0.25, 0.3) is 11.5 Å². The van der Waals surface area contributed by atoms with Gasteiger partial charge in [-0.05, 0) is 29.7 Å². The lowest BCUT2D eigenvalue weighted by Crippen LogP contribution is -1.99. The van der Waals surface area contributed by atoms with Crippen molar-refractivity contribution in [2.75, 3.05) is 6.61 Å². The van der Waals surface area contributed by atoms with Gasteiger partial charge in [0, 0.05) is 6.07 Å². The Morgan fingerprint density at radius 3 is 2.89 bits per heavy atom. The third-order valence-electron chi connectivity index (χ3n) is 2.11. The molecule has 1 heterocycles. The second-order valence-corrected chi connectivity index (χ2v) is 3.55. The average Bonchev–Trinajstić information content (AvgIpc) is 2.76. The molecule has 0 atom stereocenters. The van der Waals surface area contributed by atoms with Crippen LogP contribution in [0.3, 0.4) is 0 Å².